The molecular formula is C13H9F4N. The van der Waals surface area contributed by atoms with Crippen LogP contribution in [0.4, 0.5) is 17.6 Å². The molecule has 0 aliphatic rings. The van der Waals surface area contributed by atoms with Gasteiger partial charge in [0.05, 0.1) is 6.04 Å². The Bertz CT molecular complexity index is 560. The van der Waals surface area contributed by atoms with Gasteiger partial charge in [0, 0.05) is 17.7 Å². The average Bonchev–Trinajstić information content (AvgIpc) is 2.27. The second-order valence-electron chi connectivity index (χ2n) is 3.82. The molecular weight excluding hydrogens is 246 g/mol. The zero-order valence-corrected chi connectivity index (χ0v) is 9.13. The fraction of sp³-hybridized carbons (Fsp3) is 0.0769. The number of nitrogens with two attached hydrogens (primary N) is 1. The van der Waals surface area contributed by atoms with E-state index in [1.54, 1.807) is 0 Å². The Kier molecular flexibility index (Phi) is 3.34. The molecule has 2 rings (SSSR count). The van der Waals surface area contributed by atoms with E-state index in [9.17, 15) is 17.6 Å². The highest BCUT2D eigenvalue weighted by Gasteiger charge is 2.20. The molecule has 0 fully saturated rings. The molecule has 18 heavy (non-hydrogen) atoms. The van der Waals surface area contributed by atoms with Crippen molar-refractivity contribution in [1.29, 1.82) is 0 Å². The third-order valence-corrected chi connectivity index (χ3v) is 2.56. The molecule has 2 aromatic rings. The van der Waals surface area contributed by atoms with Crippen molar-refractivity contribution >= 4 is 0 Å². The van der Waals surface area contributed by atoms with Crippen LogP contribution in [-0.4, -0.2) is 0 Å². The molecule has 0 spiro atoms. The molecule has 5 heteroatoms. The van der Waals surface area contributed by atoms with E-state index in [1.807, 2.05) is 0 Å². The summed E-state index contributed by atoms with van der Waals surface area (Å²) in [6.07, 6.45) is 0. The Morgan fingerprint density at radius 3 is 2.00 bits per heavy atom. The first-order valence-corrected chi connectivity index (χ1v) is 5.14. The van der Waals surface area contributed by atoms with Gasteiger partial charge in [-0.15, -0.1) is 0 Å². The fourth-order valence-corrected chi connectivity index (χ4v) is 1.72. The van der Waals surface area contributed by atoms with Gasteiger partial charge in [-0.05, 0) is 17.7 Å². The highest BCUT2D eigenvalue weighted by Crippen LogP contribution is 2.26. The minimum absolute atomic E-state index is 0.208. The molecule has 94 valence electrons. The standard InChI is InChI=1S/C13H9F4N/c14-8-3-1-2-7(4-8)13(18)12-10(16)5-9(15)6-11(12)17/h1-6,13H,18H2. The van der Waals surface area contributed by atoms with Crippen LogP contribution in [0.3, 0.4) is 0 Å². The van der Waals surface area contributed by atoms with Gasteiger partial charge in [0.25, 0.3) is 0 Å². The van der Waals surface area contributed by atoms with Gasteiger partial charge in [-0.25, -0.2) is 17.6 Å². The van der Waals surface area contributed by atoms with Gasteiger partial charge < -0.3 is 5.73 Å². The largest absolute Gasteiger partial charge is 0.320 e. The molecule has 0 amide bonds. The first-order chi connectivity index (χ1) is 8.49. The maximum atomic E-state index is 13.5. The zero-order valence-electron chi connectivity index (χ0n) is 9.13. The molecule has 0 bridgehead atoms. The summed E-state index contributed by atoms with van der Waals surface area (Å²) in [4.78, 5) is 0. The maximum Gasteiger partial charge on any atom is 0.134 e. The summed E-state index contributed by atoms with van der Waals surface area (Å²) < 4.78 is 52.8. The lowest BCUT2D eigenvalue weighted by Gasteiger charge is -2.14. The van der Waals surface area contributed by atoms with Crippen LogP contribution in [-0.2, 0) is 0 Å². The van der Waals surface area contributed by atoms with Crippen LogP contribution in [0.5, 0.6) is 0 Å². The van der Waals surface area contributed by atoms with Crippen molar-refractivity contribution in [3.63, 3.8) is 0 Å². The van der Waals surface area contributed by atoms with Crippen molar-refractivity contribution in [1.82, 2.24) is 0 Å². The Hall–Kier alpha value is -1.88. The van der Waals surface area contributed by atoms with Crippen molar-refractivity contribution in [2.24, 2.45) is 5.73 Å². The molecule has 2 aromatic carbocycles. The molecule has 0 heterocycles. The van der Waals surface area contributed by atoms with E-state index in [0.29, 0.717) is 12.1 Å². The molecule has 1 nitrogen and oxygen atoms in total. The number of hydrogen-bond donors (Lipinski definition) is 1. The van der Waals surface area contributed by atoms with Gasteiger partial charge >= 0.3 is 0 Å². The predicted molar refractivity (Wildman–Crippen MR) is 58.7 cm³/mol. The molecule has 0 radical (unpaired) electrons. The minimum Gasteiger partial charge on any atom is -0.320 e. The first-order valence-electron chi connectivity index (χ1n) is 5.14. The summed E-state index contributed by atoms with van der Waals surface area (Å²) in [5, 5.41) is 0. The highest BCUT2D eigenvalue weighted by atomic mass is 19.1. The molecule has 1 unspecified atom stereocenters. The van der Waals surface area contributed by atoms with Gasteiger partial charge in [-0.2, -0.15) is 0 Å². The van der Waals surface area contributed by atoms with Gasteiger partial charge in [0.15, 0.2) is 0 Å². The molecule has 0 saturated carbocycles. The summed E-state index contributed by atoms with van der Waals surface area (Å²) >= 11 is 0. The number of hydrogen-bond acceptors (Lipinski definition) is 1. The number of benzene rings is 2. The van der Waals surface area contributed by atoms with Crippen LogP contribution in [0, 0.1) is 23.3 Å². The van der Waals surface area contributed by atoms with Crippen molar-refractivity contribution in [2.75, 3.05) is 0 Å². The summed E-state index contributed by atoms with van der Waals surface area (Å²) in [5.74, 6) is -3.78. The summed E-state index contributed by atoms with van der Waals surface area (Å²) in [6, 6.07) is 4.97. The van der Waals surface area contributed by atoms with E-state index in [2.05, 4.69) is 0 Å². The van der Waals surface area contributed by atoms with Gasteiger partial charge in [0.2, 0.25) is 0 Å². The molecule has 0 aliphatic heterocycles. The molecule has 0 aromatic heterocycles. The van der Waals surface area contributed by atoms with Crippen molar-refractivity contribution in [3.05, 3.63) is 70.8 Å². The van der Waals surface area contributed by atoms with E-state index in [-0.39, 0.29) is 5.56 Å². The Morgan fingerprint density at radius 2 is 1.44 bits per heavy atom. The molecule has 0 saturated heterocycles. The van der Waals surface area contributed by atoms with E-state index in [0.717, 1.165) is 6.07 Å². The fourth-order valence-electron chi connectivity index (χ4n) is 1.72. The van der Waals surface area contributed by atoms with E-state index >= 15 is 0 Å². The molecule has 2 N–H and O–H groups in total. The second-order valence-corrected chi connectivity index (χ2v) is 3.82. The summed E-state index contributed by atoms with van der Waals surface area (Å²) in [6.45, 7) is 0. The van der Waals surface area contributed by atoms with Crippen LogP contribution >= 0.6 is 0 Å². The molecule has 0 aliphatic carbocycles. The summed E-state index contributed by atoms with van der Waals surface area (Å²) in [7, 11) is 0. The van der Waals surface area contributed by atoms with Gasteiger partial charge in [-0.3, -0.25) is 0 Å². The topological polar surface area (TPSA) is 26.0 Å². The van der Waals surface area contributed by atoms with Crippen LogP contribution in [0.1, 0.15) is 17.2 Å². The lowest BCUT2D eigenvalue weighted by Crippen LogP contribution is -2.16. The SMILES string of the molecule is NC(c1cccc(F)c1)c1c(F)cc(F)cc1F. The third-order valence-electron chi connectivity index (χ3n) is 2.56. The third kappa shape index (κ3) is 2.36. The lowest BCUT2D eigenvalue weighted by molar-refractivity contribution is 0.514. The lowest BCUT2D eigenvalue weighted by atomic mass is 9.98. The second kappa shape index (κ2) is 4.78. The van der Waals surface area contributed by atoms with Crippen molar-refractivity contribution in [3.8, 4) is 0 Å². The van der Waals surface area contributed by atoms with Gasteiger partial charge in [0.1, 0.15) is 23.3 Å². The maximum absolute atomic E-state index is 13.5. The van der Waals surface area contributed by atoms with Crippen LogP contribution in [0.25, 0.3) is 0 Å². The van der Waals surface area contributed by atoms with Crippen LogP contribution < -0.4 is 5.73 Å². The quantitative estimate of drug-likeness (QED) is 0.819. The molecule has 1 atom stereocenters. The normalized spacial score (nSPS) is 12.5. The average molecular weight is 255 g/mol. The Morgan fingerprint density at radius 1 is 0.833 bits per heavy atom. The highest BCUT2D eigenvalue weighted by molar-refractivity contribution is 5.33. The monoisotopic (exact) mass is 255 g/mol. The number of halogens is 4. The zero-order chi connectivity index (χ0) is 13.3. The van der Waals surface area contributed by atoms with E-state index < -0.39 is 34.9 Å². The minimum atomic E-state index is -1.19. The van der Waals surface area contributed by atoms with Gasteiger partial charge in [-0.1, -0.05) is 12.1 Å². The summed E-state index contributed by atoms with van der Waals surface area (Å²) in [5.41, 5.74) is 5.39. The van der Waals surface area contributed by atoms with Crippen LogP contribution in [0.2, 0.25) is 0 Å². The Labute approximate surface area is 101 Å². The first kappa shape index (κ1) is 12.6. The van der Waals surface area contributed by atoms with Crippen molar-refractivity contribution in [2.45, 2.75) is 6.04 Å². The predicted octanol–water partition coefficient (Wildman–Crippen LogP) is 3.29. The van der Waals surface area contributed by atoms with Crippen LogP contribution in [0.15, 0.2) is 36.4 Å². The van der Waals surface area contributed by atoms with Crippen molar-refractivity contribution < 1.29 is 17.6 Å². The van der Waals surface area contributed by atoms with E-state index in [1.165, 1.54) is 18.2 Å². The number of rotatable bonds is 2. The smallest absolute Gasteiger partial charge is 0.134 e. The Balaban J connectivity index is 2.49. The van der Waals surface area contributed by atoms with E-state index in [4.69, 9.17) is 5.73 Å².